The summed E-state index contributed by atoms with van der Waals surface area (Å²) in [6.45, 7) is 4.74. The van der Waals surface area contributed by atoms with E-state index >= 15 is 0 Å². The third-order valence-electron chi connectivity index (χ3n) is 9.60. The van der Waals surface area contributed by atoms with E-state index in [4.69, 9.17) is 9.47 Å². The number of rotatable bonds is 3. The predicted molar refractivity (Wildman–Crippen MR) is 119 cm³/mol. The van der Waals surface area contributed by atoms with Gasteiger partial charge in [-0.3, -0.25) is 9.59 Å². The van der Waals surface area contributed by atoms with Gasteiger partial charge in [0.1, 0.15) is 11.9 Å². The summed E-state index contributed by atoms with van der Waals surface area (Å²) in [5, 5.41) is 3.17. The van der Waals surface area contributed by atoms with Gasteiger partial charge in [0.05, 0.1) is 7.11 Å². The maximum absolute atomic E-state index is 13.3. The fraction of sp³-hybridized carbons (Fsp3) is 0.692. The average molecular weight is 426 g/mol. The van der Waals surface area contributed by atoms with Crippen LogP contribution in [0.15, 0.2) is 24.3 Å². The molecule has 1 saturated heterocycles. The number of amides is 1. The first-order valence-electron chi connectivity index (χ1n) is 12.0. The Bertz CT molecular complexity index is 867. The summed E-state index contributed by atoms with van der Waals surface area (Å²) >= 11 is 0. The van der Waals surface area contributed by atoms with Crippen molar-refractivity contribution in [3.05, 3.63) is 24.3 Å². The van der Waals surface area contributed by atoms with Crippen molar-refractivity contribution in [1.29, 1.82) is 0 Å². The van der Waals surface area contributed by atoms with Crippen LogP contribution in [0.5, 0.6) is 5.75 Å². The molecule has 4 aliphatic rings. The summed E-state index contributed by atoms with van der Waals surface area (Å²) in [6, 6.07) is 7.59. The summed E-state index contributed by atoms with van der Waals surface area (Å²) in [5.74, 6) is 2.86. The summed E-state index contributed by atoms with van der Waals surface area (Å²) in [4.78, 5) is 25.2. The Kier molecular flexibility index (Phi) is 5.06. The van der Waals surface area contributed by atoms with Crippen molar-refractivity contribution in [3.63, 3.8) is 0 Å². The molecule has 5 nitrogen and oxygen atoms in total. The summed E-state index contributed by atoms with van der Waals surface area (Å²) in [5.41, 5.74) is 1.01. The molecule has 0 radical (unpaired) electrons. The molecule has 31 heavy (non-hydrogen) atoms. The standard InChI is InChI=1S/C26H35NO4/c1-25-14-12-20-18(8-11-22-26(20,2)15-13-23(28)31-22)19(25)9-10-21(25)24(29)27-16-4-6-17(30-3)7-5-16/h4-7,18-22H,8-15H2,1-3H3,(H,27,29)/t18?,19?,20?,21-,22+,25+,26-/m1/s1. The van der Waals surface area contributed by atoms with Crippen LogP contribution in [0.4, 0.5) is 5.69 Å². The van der Waals surface area contributed by atoms with Gasteiger partial charge in [-0.15, -0.1) is 0 Å². The maximum Gasteiger partial charge on any atom is 0.306 e. The lowest BCUT2D eigenvalue weighted by atomic mass is 9.47. The van der Waals surface area contributed by atoms with Gasteiger partial charge in [-0.2, -0.15) is 0 Å². The lowest BCUT2D eigenvalue weighted by Crippen LogP contribution is -2.56. The van der Waals surface area contributed by atoms with Crippen molar-refractivity contribution in [1.82, 2.24) is 0 Å². The van der Waals surface area contributed by atoms with Gasteiger partial charge in [-0.25, -0.2) is 0 Å². The smallest absolute Gasteiger partial charge is 0.306 e. The minimum absolute atomic E-state index is 0.0160. The highest BCUT2D eigenvalue weighted by Gasteiger charge is 2.62. The van der Waals surface area contributed by atoms with Crippen molar-refractivity contribution in [2.24, 2.45) is 34.5 Å². The molecule has 1 aromatic rings. The fourth-order valence-electron chi connectivity index (χ4n) is 7.88. The van der Waals surface area contributed by atoms with Gasteiger partial charge >= 0.3 is 5.97 Å². The van der Waals surface area contributed by atoms with E-state index in [1.165, 1.54) is 0 Å². The molecule has 168 valence electrons. The second-order valence-corrected chi connectivity index (χ2v) is 10.8. The predicted octanol–water partition coefficient (Wildman–Crippen LogP) is 5.20. The molecule has 1 N–H and O–H groups in total. The van der Waals surface area contributed by atoms with Gasteiger partial charge in [0.15, 0.2) is 0 Å². The number of hydrogen-bond donors (Lipinski definition) is 1. The molecule has 1 heterocycles. The SMILES string of the molecule is COc1ccc(NC(=O)[C@H]2CCC3C4CC[C@@H]5OC(=O)CC[C@]5(C)C4CC[C@@]32C)cc1. The number of benzene rings is 1. The van der Waals surface area contributed by atoms with Crippen LogP contribution < -0.4 is 10.1 Å². The molecule has 1 aromatic carbocycles. The zero-order valence-corrected chi connectivity index (χ0v) is 19.0. The van der Waals surface area contributed by atoms with Crippen molar-refractivity contribution in [2.75, 3.05) is 12.4 Å². The van der Waals surface area contributed by atoms with Crippen LogP contribution in [-0.2, 0) is 14.3 Å². The van der Waals surface area contributed by atoms with Crippen LogP contribution >= 0.6 is 0 Å². The Labute approximate surface area is 185 Å². The molecule has 7 atom stereocenters. The molecule has 5 rings (SSSR count). The largest absolute Gasteiger partial charge is 0.497 e. The van der Waals surface area contributed by atoms with Gasteiger partial charge in [0.25, 0.3) is 0 Å². The summed E-state index contributed by atoms with van der Waals surface area (Å²) in [7, 11) is 1.65. The van der Waals surface area contributed by atoms with Gasteiger partial charge in [-0.1, -0.05) is 13.8 Å². The number of nitrogens with one attached hydrogen (secondary N) is 1. The molecule has 3 saturated carbocycles. The highest BCUT2D eigenvalue weighted by atomic mass is 16.5. The Hall–Kier alpha value is -2.04. The minimum Gasteiger partial charge on any atom is -0.497 e. The van der Waals surface area contributed by atoms with E-state index in [1.807, 2.05) is 24.3 Å². The van der Waals surface area contributed by atoms with Gasteiger partial charge < -0.3 is 14.8 Å². The molecular weight excluding hydrogens is 390 g/mol. The molecule has 3 unspecified atom stereocenters. The van der Waals surface area contributed by atoms with Crippen LogP contribution in [0.25, 0.3) is 0 Å². The normalized spacial score (nSPS) is 41.4. The number of anilines is 1. The third kappa shape index (κ3) is 3.27. The number of ether oxygens (including phenoxy) is 2. The number of esters is 1. The molecule has 4 fully saturated rings. The van der Waals surface area contributed by atoms with E-state index in [9.17, 15) is 9.59 Å². The molecule has 3 aliphatic carbocycles. The first kappa shape index (κ1) is 20.8. The Morgan fingerprint density at radius 3 is 2.48 bits per heavy atom. The van der Waals surface area contributed by atoms with Crippen molar-refractivity contribution in [2.45, 2.75) is 71.3 Å². The van der Waals surface area contributed by atoms with Gasteiger partial charge in [-0.05, 0) is 92.4 Å². The Morgan fingerprint density at radius 1 is 1.00 bits per heavy atom. The van der Waals surface area contributed by atoms with Crippen molar-refractivity contribution < 1.29 is 19.1 Å². The molecule has 1 aliphatic heterocycles. The van der Waals surface area contributed by atoms with Crippen LogP contribution in [0, 0.1) is 34.5 Å². The zero-order chi connectivity index (χ0) is 21.8. The van der Waals surface area contributed by atoms with E-state index in [0.29, 0.717) is 24.2 Å². The minimum atomic E-state index is -0.0160. The van der Waals surface area contributed by atoms with E-state index in [2.05, 4.69) is 19.2 Å². The average Bonchev–Trinajstić information content (AvgIpc) is 3.12. The Morgan fingerprint density at radius 2 is 1.74 bits per heavy atom. The third-order valence-corrected chi connectivity index (χ3v) is 9.60. The molecule has 5 heteroatoms. The zero-order valence-electron chi connectivity index (χ0n) is 19.0. The first-order chi connectivity index (χ1) is 14.8. The molecule has 0 aromatic heterocycles. The van der Waals surface area contributed by atoms with E-state index in [-0.39, 0.29) is 34.7 Å². The molecule has 1 amide bonds. The van der Waals surface area contributed by atoms with Crippen LogP contribution in [0.2, 0.25) is 0 Å². The summed E-state index contributed by atoms with van der Waals surface area (Å²) in [6.07, 6.45) is 8.08. The van der Waals surface area contributed by atoms with Gasteiger partial charge in [0.2, 0.25) is 5.91 Å². The van der Waals surface area contributed by atoms with Crippen LogP contribution in [-0.4, -0.2) is 25.1 Å². The lowest BCUT2D eigenvalue weighted by molar-refractivity contribution is -0.192. The van der Waals surface area contributed by atoms with Crippen LogP contribution in [0.1, 0.15) is 65.2 Å². The summed E-state index contributed by atoms with van der Waals surface area (Å²) < 4.78 is 11.0. The number of methoxy groups -OCH3 is 1. The fourth-order valence-corrected chi connectivity index (χ4v) is 7.88. The number of carbonyl (C=O) groups excluding carboxylic acids is 2. The second-order valence-electron chi connectivity index (χ2n) is 10.8. The topological polar surface area (TPSA) is 64.6 Å². The highest BCUT2D eigenvalue weighted by molar-refractivity contribution is 5.93. The first-order valence-corrected chi connectivity index (χ1v) is 12.0. The van der Waals surface area contributed by atoms with Crippen molar-refractivity contribution >= 4 is 17.6 Å². The number of hydrogen-bond acceptors (Lipinski definition) is 4. The van der Waals surface area contributed by atoms with E-state index < -0.39 is 0 Å². The lowest BCUT2D eigenvalue weighted by Gasteiger charge is -2.59. The number of fused-ring (bicyclic) bond motifs is 5. The molecule has 0 bridgehead atoms. The van der Waals surface area contributed by atoms with Crippen molar-refractivity contribution in [3.8, 4) is 5.75 Å². The monoisotopic (exact) mass is 425 g/mol. The Balaban J connectivity index is 1.32. The van der Waals surface area contributed by atoms with E-state index in [1.54, 1.807) is 7.11 Å². The van der Waals surface area contributed by atoms with Crippen LogP contribution in [0.3, 0.4) is 0 Å². The highest BCUT2D eigenvalue weighted by Crippen LogP contribution is 2.66. The quantitative estimate of drug-likeness (QED) is 0.676. The number of carbonyl (C=O) groups is 2. The van der Waals surface area contributed by atoms with Gasteiger partial charge in [0, 0.05) is 23.4 Å². The molecule has 0 spiro atoms. The second kappa shape index (κ2) is 7.53. The molecular formula is C26H35NO4. The van der Waals surface area contributed by atoms with E-state index in [0.717, 1.165) is 56.4 Å². The maximum atomic E-state index is 13.3.